The van der Waals surface area contributed by atoms with Gasteiger partial charge in [-0.25, -0.2) is 0 Å². The standard InChI is InChI=1S/C24H28N4O/c1-17-7-9-19(10-8-17)15-28-13-11-22-20(16-28)14-23(27(22)3)24(29)26-18(2)21-6-4-5-12-25-21/h4-10,12,14,18H,11,13,15-16H2,1-3H3,(H,26,29)/t18-/m0/s1. The number of amides is 1. The van der Waals surface area contributed by atoms with Crippen LogP contribution < -0.4 is 5.32 Å². The Labute approximate surface area is 172 Å². The highest BCUT2D eigenvalue weighted by molar-refractivity contribution is 5.93. The third-order valence-corrected chi connectivity index (χ3v) is 5.75. The van der Waals surface area contributed by atoms with Crippen LogP contribution in [0.4, 0.5) is 0 Å². The van der Waals surface area contributed by atoms with E-state index < -0.39 is 0 Å². The minimum Gasteiger partial charge on any atom is -0.343 e. The quantitative estimate of drug-likeness (QED) is 0.724. The van der Waals surface area contributed by atoms with Gasteiger partial charge in [0.15, 0.2) is 0 Å². The van der Waals surface area contributed by atoms with Gasteiger partial charge in [-0.1, -0.05) is 35.9 Å². The summed E-state index contributed by atoms with van der Waals surface area (Å²) in [5, 5.41) is 3.08. The molecule has 5 heteroatoms. The van der Waals surface area contributed by atoms with Gasteiger partial charge in [-0.3, -0.25) is 14.7 Å². The summed E-state index contributed by atoms with van der Waals surface area (Å²) in [6.07, 6.45) is 2.71. The van der Waals surface area contributed by atoms with Gasteiger partial charge in [-0.05, 0) is 43.2 Å². The maximum absolute atomic E-state index is 12.9. The van der Waals surface area contributed by atoms with E-state index in [0.717, 1.165) is 37.4 Å². The summed E-state index contributed by atoms with van der Waals surface area (Å²) in [4.78, 5) is 19.7. The number of nitrogens with one attached hydrogen (secondary N) is 1. The van der Waals surface area contributed by atoms with Crippen molar-refractivity contribution in [2.45, 2.75) is 39.4 Å². The number of carbonyl (C=O) groups excluding carboxylic acids is 1. The molecule has 1 N–H and O–H groups in total. The van der Waals surface area contributed by atoms with Gasteiger partial charge in [-0.15, -0.1) is 0 Å². The number of pyridine rings is 1. The van der Waals surface area contributed by atoms with Crippen molar-refractivity contribution in [2.24, 2.45) is 7.05 Å². The van der Waals surface area contributed by atoms with Crippen molar-refractivity contribution < 1.29 is 4.79 Å². The molecule has 0 bridgehead atoms. The van der Waals surface area contributed by atoms with Gasteiger partial charge in [0.25, 0.3) is 5.91 Å². The highest BCUT2D eigenvalue weighted by Crippen LogP contribution is 2.24. The van der Waals surface area contributed by atoms with E-state index in [2.05, 4.69) is 57.0 Å². The monoisotopic (exact) mass is 388 g/mol. The number of aryl methyl sites for hydroxylation is 1. The molecule has 1 aliphatic heterocycles. The summed E-state index contributed by atoms with van der Waals surface area (Å²) in [6.45, 7) is 6.89. The topological polar surface area (TPSA) is 50.2 Å². The van der Waals surface area contributed by atoms with Crippen LogP contribution in [0.25, 0.3) is 0 Å². The number of nitrogens with zero attached hydrogens (tertiary/aromatic N) is 3. The average Bonchev–Trinajstić information content (AvgIpc) is 3.06. The second kappa shape index (κ2) is 8.21. The van der Waals surface area contributed by atoms with Crippen molar-refractivity contribution >= 4 is 5.91 Å². The summed E-state index contributed by atoms with van der Waals surface area (Å²) in [7, 11) is 1.99. The fourth-order valence-corrected chi connectivity index (χ4v) is 4.04. The Morgan fingerprint density at radius 1 is 1.21 bits per heavy atom. The van der Waals surface area contributed by atoms with E-state index in [4.69, 9.17) is 0 Å². The maximum atomic E-state index is 12.9. The molecule has 0 fully saturated rings. The summed E-state index contributed by atoms with van der Waals surface area (Å²) < 4.78 is 2.05. The van der Waals surface area contributed by atoms with Crippen molar-refractivity contribution in [2.75, 3.05) is 6.54 Å². The fraction of sp³-hybridized carbons (Fsp3) is 0.333. The number of rotatable bonds is 5. The first-order valence-electron chi connectivity index (χ1n) is 10.2. The highest BCUT2D eigenvalue weighted by atomic mass is 16.2. The zero-order valence-corrected chi connectivity index (χ0v) is 17.4. The van der Waals surface area contributed by atoms with Gasteiger partial charge >= 0.3 is 0 Å². The first kappa shape index (κ1) is 19.4. The molecule has 2 aromatic heterocycles. The number of fused-ring (bicyclic) bond motifs is 1. The lowest BCUT2D eigenvalue weighted by Crippen LogP contribution is -2.31. The van der Waals surface area contributed by atoms with E-state index in [9.17, 15) is 4.79 Å². The van der Waals surface area contributed by atoms with Crippen LogP contribution in [0, 0.1) is 6.92 Å². The predicted octanol–water partition coefficient (Wildman–Crippen LogP) is 3.78. The van der Waals surface area contributed by atoms with Gasteiger partial charge in [0.05, 0.1) is 11.7 Å². The molecule has 1 aromatic carbocycles. The van der Waals surface area contributed by atoms with E-state index in [1.54, 1.807) is 6.20 Å². The summed E-state index contributed by atoms with van der Waals surface area (Å²) in [5.41, 5.74) is 6.71. The molecule has 3 heterocycles. The second-order valence-electron chi connectivity index (χ2n) is 7.96. The third-order valence-electron chi connectivity index (χ3n) is 5.75. The molecule has 5 nitrogen and oxygen atoms in total. The van der Waals surface area contributed by atoms with Crippen molar-refractivity contribution in [3.63, 3.8) is 0 Å². The molecule has 1 atom stereocenters. The van der Waals surface area contributed by atoms with Crippen LogP contribution >= 0.6 is 0 Å². The van der Waals surface area contributed by atoms with Gasteiger partial charge in [-0.2, -0.15) is 0 Å². The zero-order chi connectivity index (χ0) is 20.4. The van der Waals surface area contributed by atoms with Crippen LogP contribution in [-0.2, 0) is 26.6 Å². The second-order valence-corrected chi connectivity index (χ2v) is 7.96. The largest absolute Gasteiger partial charge is 0.343 e. The number of aromatic nitrogens is 2. The predicted molar refractivity (Wildman–Crippen MR) is 115 cm³/mol. The molecule has 29 heavy (non-hydrogen) atoms. The highest BCUT2D eigenvalue weighted by Gasteiger charge is 2.24. The van der Waals surface area contributed by atoms with Crippen LogP contribution in [0.5, 0.6) is 0 Å². The Morgan fingerprint density at radius 2 is 2.00 bits per heavy atom. The smallest absolute Gasteiger partial charge is 0.268 e. The van der Waals surface area contributed by atoms with Gasteiger partial charge < -0.3 is 9.88 Å². The van der Waals surface area contributed by atoms with Crippen molar-refractivity contribution in [1.82, 2.24) is 19.8 Å². The fourth-order valence-electron chi connectivity index (χ4n) is 4.04. The Kier molecular flexibility index (Phi) is 5.49. The van der Waals surface area contributed by atoms with Crippen LogP contribution in [0.2, 0.25) is 0 Å². The van der Waals surface area contributed by atoms with Crippen LogP contribution in [0.3, 0.4) is 0 Å². The number of hydrogen-bond acceptors (Lipinski definition) is 3. The van der Waals surface area contributed by atoms with Gasteiger partial charge in [0.1, 0.15) is 5.69 Å². The lowest BCUT2D eigenvalue weighted by Gasteiger charge is -2.27. The number of hydrogen-bond donors (Lipinski definition) is 1. The maximum Gasteiger partial charge on any atom is 0.268 e. The van der Waals surface area contributed by atoms with E-state index >= 15 is 0 Å². The first-order valence-corrected chi connectivity index (χ1v) is 10.2. The molecule has 0 radical (unpaired) electrons. The molecule has 0 aliphatic carbocycles. The molecule has 150 valence electrons. The van der Waals surface area contributed by atoms with Crippen molar-refractivity contribution in [3.8, 4) is 0 Å². The molecule has 0 saturated carbocycles. The Morgan fingerprint density at radius 3 is 2.72 bits per heavy atom. The molecule has 3 aromatic rings. The molecule has 0 saturated heterocycles. The van der Waals surface area contributed by atoms with E-state index in [-0.39, 0.29) is 11.9 Å². The van der Waals surface area contributed by atoms with E-state index in [1.165, 1.54) is 22.4 Å². The van der Waals surface area contributed by atoms with Crippen LogP contribution in [0.1, 0.15) is 51.5 Å². The molecule has 0 spiro atoms. The normalized spacial score (nSPS) is 15.0. The summed E-state index contributed by atoms with van der Waals surface area (Å²) in [6, 6.07) is 16.4. The first-order chi connectivity index (χ1) is 14.0. The average molecular weight is 389 g/mol. The molecule has 1 amide bonds. The van der Waals surface area contributed by atoms with Crippen molar-refractivity contribution in [1.29, 1.82) is 0 Å². The van der Waals surface area contributed by atoms with Crippen LogP contribution in [-0.4, -0.2) is 26.9 Å². The minimum atomic E-state index is -0.131. The van der Waals surface area contributed by atoms with E-state index in [1.807, 2.05) is 32.2 Å². The lowest BCUT2D eigenvalue weighted by atomic mass is 10.1. The van der Waals surface area contributed by atoms with Gasteiger partial charge in [0.2, 0.25) is 0 Å². The van der Waals surface area contributed by atoms with Crippen molar-refractivity contribution in [3.05, 3.63) is 88.5 Å². The Bertz CT molecular complexity index is 992. The molecular formula is C24H28N4O. The minimum absolute atomic E-state index is 0.0508. The summed E-state index contributed by atoms with van der Waals surface area (Å²) in [5.74, 6) is -0.0508. The van der Waals surface area contributed by atoms with Gasteiger partial charge in [0, 0.05) is 45.0 Å². The summed E-state index contributed by atoms with van der Waals surface area (Å²) >= 11 is 0. The number of benzene rings is 1. The SMILES string of the molecule is Cc1ccc(CN2CCc3c(cc(C(=O)N[C@@H](C)c4ccccn4)n3C)C2)cc1. The molecule has 4 rings (SSSR count). The Hall–Kier alpha value is -2.92. The van der Waals surface area contributed by atoms with E-state index in [0.29, 0.717) is 0 Å². The number of carbonyl (C=O) groups is 1. The lowest BCUT2D eigenvalue weighted by molar-refractivity contribution is 0.0930. The Balaban J connectivity index is 1.46. The zero-order valence-electron chi connectivity index (χ0n) is 17.4. The van der Waals surface area contributed by atoms with Crippen LogP contribution in [0.15, 0.2) is 54.7 Å². The third kappa shape index (κ3) is 4.25. The molecular weight excluding hydrogens is 360 g/mol. The molecule has 1 aliphatic rings. The molecule has 0 unspecified atom stereocenters.